The largest absolute Gasteiger partial charge is 0.497 e. The molecule has 0 bridgehead atoms. The monoisotopic (exact) mass is 319 g/mol. The SMILES string of the molecule is COc1ccc(CC(=O)Nc2sc(C)c(C)c2C(=O)O)cc1. The van der Waals surface area contributed by atoms with Crippen LogP contribution >= 0.6 is 11.3 Å². The van der Waals surface area contributed by atoms with Gasteiger partial charge in [0.05, 0.1) is 19.1 Å². The third kappa shape index (κ3) is 3.46. The Morgan fingerprint density at radius 3 is 2.41 bits per heavy atom. The van der Waals surface area contributed by atoms with Gasteiger partial charge >= 0.3 is 5.97 Å². The highest BCUT2D eigenvalue weighted by molar-refractivity contribution is 7.16. The zero-order valence-electron chi connectivity index (χ0n) is 12.6. The van der Waals surface area contributed by atoms with Gasteiger partial charge in [-0.1, -0.05) is 12.1 Å². The Kier molecular flexibility index (Phi) is 4.82. The Morgan fingerprint density at radius 1 is 1.23 bits per heavy atom. The molecule has 0 fully saturated rings. The number of benzene rings is 1. The van der Waals surface area contributed by atoms with Crippen molar-refractivity contribution in [3.8, 4) is 5.75 Å². The van der Waals surface area contributed by atoms with E-state index in [1.807, 2.05) is 6.92 Å². The molecule has 6 heteroatoms. The molecule has 0 aliphatic rings. The molecule has 0 spiro atoms. The molecule has 0 unspecified atom stereocenters. The van der Waals surface area contributed by atoms with Crippen molar-refractivity contribution in [2.24, 2.45) is 0 Å². The van der Waals surface area contributed by atoms with Crippen LogP contribution in [0.4, 0.5) is 5.00 Å². The summed E-state index contributed by atoms with van der Waals surface area (Å²) < 4.78 is 5.06. The second-order valence-electron chi connectivity index (χ2n) is 4.87. The lowest BCUT2D eigenvalue weighted by Gasteiger charge is -2.06. The second kappa shape index (κ2) is 6.62. The van der Waals surface area contributed by atoms with Gasteiger partial charge in [-0.25, -0.2) is 4.79 Å². The number of methoxy groups -OCH3 is 1. The minimum atomic E-state index is -1.03. The first-order valence-corrected chi connectivity index (χ1v) is 7.50. The number of amides is 1. The average molecular weight is 319 g/mol. The van der Waals surface area contributed by atoms with Gasteiger partial charge in [0.25, 0.3) is 0 Å². The van der Waals surface area contributed by atoms with Crippen molar-refractivity contribution in [3.63, 3.8) is 0 Å². The molecule has 5 nitrogen and oxygen atoms in total. The van der Waals surface area contributed by atoms with Gasteiger partial charge in [0, 0.05) is 4.88 Å². The van der Waals surface area contributed by atoms with E-state index in [1.165, 1.54) is 11.3 Å². The highest BCUT2D eigenvalue weighted by atomic mass is 32.1. The molecule has 0 saturated heterocycles. The Balaban J connectivity index is 2.12. The van der Waals surface area contributed by atoms with Gasteiger partial charge in [-0.2, -0.15) is 0 Å². The summed E-state index contributed by atoms with van der Waals surface area (Å²) in [5.41, 5.74) is 1.70. The standard InChI is InChI=1S/C16H17NO4S/c1-9-10(2)22-15(14(9)16(19)20)17-13(18)8-11-4-6-12(21-3)7-5-11/h4-7H,8H2,1-3H3,(H,17,18)(H,19,20). The number of aryl methyl sites for hydroxylation is 1. The first-order chi connectivity index (χ1) is 10.4. The molecule has 116 valence electrons. The number of anilines is 1. The van der Waals surface area contributed by atoms with Gasteiger partial charge in [-0.15, -0.1) is 11.3 Å². The molecule has 2 N–H and O–H groups in total. The maximum Gasteiger partial charge on any atom is 0.338 e. The van der Waals surface area contributed by atoms with Crippen LogP contribution in [0.25, 0.3) is 0 Å². The number of thiophene rings is 1. The summed E-state index contributed by atoms with van der Waals surface area (Å²) in [6, 6.07) is 7.18. The first-order valence-electron chi connectivity index (χ1n) is 6.68. The van der Waals surface area contributed by atoms with Crippen molar-refractivity contribution in [1.82, 2.24) is 0 Å². The summed E-state index contributed by atoms with van der Waals surface area (Å²) in [6.07, 6.45) is 0.180. The summed E-state index contributed by atoms with van der Waals surface area (Å²) in [4.78, 5) is 24.3. The Morgan fingerprint density at radius 2 is 1.86 bits per heavy atom. The maximum atomic E-state index is 12.1. The van der Waals surface area contributed by atoms with Crippen molar-refractivity contribution in [1.29, 1.82) is 0 Å². The molecule has 22 heavy (non-hydrogen) atoms. The van der Waals surface area contributed by atoms with Crippen LogP contribution in [-0.4, -0.2) is 24.1 Å². The van der Waals surface area contributed by atoms with E-state index in [9.17, 15) is 14.7 Å². The van der Waals surface area contributed by atoms with E-state index in [0.717, 1.165) is 16.2 Å². The lowest BCUT2D eigenvalue weighted by Crippen LogP contribution is -2.15. The maximum absolute atomic E-state index is 12.1. The van der Waals surface area contributed by atoms with Gasteiger partial charge < -0.3 is 15.2 Å². The van der Waals surface area contributed by atoms with E-state index in [0.29, 0.717) is 10.6 Å². The summed E-state index contributed by atoms with van der Waals surface area (Å²) in [5, 5.41) is 12.3. The Labute approximate surface area is 132 Å². The zero-order valence-corrected chi connectivity index (χ0v) is 13.4. The smallest absolute Gasteiger partial charge is 0.338 e. The number of ether oxygens (including phenoxy) is 1. The predicted octanol–water partition coefficient (Wildman–Crippen LogP) is 3.25. The molecule has 1 aromatic heterocycles. The molecule has 0 aliphatic heterocycles. The fourth-order valence-corrected chi connectivity index (χ4v) is 3.14. The van der Waals surface area contributed by atoms with E-state index in [4.69, 9.17) is 4.74 Å². The number of hydrogen-bond acceptors (Lipinski definition) is 4. The van der Waals surface area contributed by atoms with Crippen molar-refractivity contribution < 1.29 is 19.4 Å². The second-order valence-corrected chi connectivity index (χ2v) is 6.09. The summed E-state index contributed by atoms with van der Waals surface area (Å²) in [7, 11) is 1.58. The van der Waals surface area contributed by atoms with Gasteiger partial charge in [0.2, 0.25) is 5.91 Å². The van der Waals surface area contributed by atoms with E-state index in [1.54, 1.807) is 38.3 Å². The first kappa shape index (κ1) is 16.0. The van der Waals surface area contributed by atoms with Crippen molar-refractivity contribution in [3.05, 3.63) is 45.8 Å². The van der Waals surface area contributed by atoms with Crippen LogP contribution in [0.2, 0.25) is 0 Å². The van der Waals surface area contributed by atoms with Gasteiger partial charge in [-0.3, -0.25) is 4.79 Å². The highest BCUT2D eigenvalue weighted by Gasteiger charge is 2.20. The van der Waals surface area contributed by atoms with E-state index >= 15 is 0 Å². The molecule has 1 aromatic carbocycles. The number of carbonyl (C=O) groups excluding carboxylic acids is 1. The van der Waals surface area contributed by atoms with Crippen LogP contribution in [0.3, 0.4) is 0 Å². The molecular formula is C16H17NO4S. The molecule has 2 aromatic rings. The van der Waals surface area contributed by atoms with Crippen molar-refractivity contribution >= 4 is 28.2 Å². The predicted molar refractivity (Wildman–Crippen MR) is 86.1 cm³/mol. The fourth-order valence-electron chi connectivity index (χ4n) is 2.07. The Bertz CT molecular complexity index is 704. The van der Waals surface area contributed by atoms with Crippen LogP contribution in [0.1, 0.15) is 26.4 Å². The minimum absolute atomic E-state index is 0.172. The topological polar surface area (TPSA) is 75.6 Å². The van der Waals surface area contributed by atoms with Crippen LogP contribution < -0.4 is 10.1 Å². The average Bonchev–Trinajstić information content (AvgIpc) is 2.74. The van der Waals surface area contributed by atoms with Crippen LogP contribution in [0.15, 0.2) is 24.3 Å². The molecule has 1 heterocycles. The number of carboxylic acid groups (broad SMARTS) is 1. The quantitative estimate of drug-likeness (QED) is 0.887. The third-order valence-electron chi connectivity index (χ3n) is 3.38. The lowest BCUT2D eigenvalue weighted by molar-refractivity contribution is -0.115. The summed E-state index contributed by atoms with van der Waals surface area (Å²) >= 11 is 1.28. The normalized spacial score (nSPS) is 10.3. The van der Waals surface area contributed by atoms with Crippen molar-refractivity contribution in [2.75, 3.05) is 12.4 Å². The molecule has 2 rings (SSSR count). The van der Waals surface area contributed by atoms with E-state index in [2.05, 4.69) is 5.32 Å². The minimum Gasteiger partial charge on any atom is -0.497 e. The third-order valence-corrected chi connectivity index (χ3v) is 4.50. The number of nitrogens with one attached hydrogen (secondary N) is 1. The van der Waals surface area contributed by atoms with Crippen LogP contribution in [0.5, 0.6) is 5.75 Å². The fraction of sp³-hybridized carbons (Fsp3) is 0.250. The number of rotatable bonds is 5. The molecule has 0 radical (unpaired) electrons. The lowest BCUT2D eigenvalue weighted by atomic mass is 10.1. The molecular weight excluding hydrogens is 302 g/mol. The number of aromatic carboxylic acids is 1. The molecule has 1 amide bonds. The van der Waals surface area contributed by atoms with Gasteiger partial charge in [-0.05, 0) is 37.1 Å². The van der Waals surface area contributed by atoms with Gasteiger partial charge in [0.1, 0.15) is 10.8 Å². The summed E-state index contributed by atoms with van der Waals surface area (Å²) in [5.74, 6) is -0.544. The summed E-state index contributed by atoms with van der Waals surface area (Å²) in [6.45, 7) is 3.58. The molecule has 0 saturated carbocycles. The molecule has 0 aliphatic carbocycles. The highest BCUT2D eigenvalue weighted by Crippen LogP contribution is 2.32. The van der Waals surface area contributed by atoms with E-state index in [-0.39, 0.29) is 17.9 Å². The number of carbonyl (C=O) groups is 2. The van der Waals surface area contributed by atoms with Crippen LogP contribution in [0, 0.1) is 13.8 Å². The van der Waals surface area contributed by atoms with Crippen LogP contribution in [-0.2, 0) is 11.2 Å². The van der Waals surface area contributed by atoms with E-state index < -0.39 is 5.97 Å². The number of carboxylic acids is 1. The number of hydrogen-bond donors (Lipinski definition) is 2. The van der Waals surface area contributed by atoms with Crippen molar-refractivity contribution in [2.45, 2.75) is 20.3 Å². The zero-order chi connectivity index (χ0) is 16.3. The van der Waals surface area contributed by atoms with Gasteiger partial charge in [0.15, 0.2) is 0 Å². The Hall–Kier alpha value is -2.34. The molecule has 0 atom stereocenters.